The van der Waals surface area contributed by atoms with E-state index in [0.29, 0.717) is 18.2 Å². The van der Waals surface area contributed by atoms with Crippen LogP contribution in [0.2, 0.25) is 0 Å². The van der Waals surface area contributed by atoms with Crippen molar-refractivity contribution in [3.8, 4) is 0 Å². The summed E-state index contributed by atoms with van der Waals surface area (Å²) in [4.78, 5) is 12.3. The number of aromatic nitrogens is 1. The molecule has 1 fully saturated rings. The molecule has 1 aliphatic carbocycles. The number of primary sulfonamides is 1. The number of hydrogen-bond donors (Lipinski definition) is 2. The van der Waals surface area contributed by atoms with E-state index in [1.807, 2.05) is 20.8 Å². The number of hydrogen-bond acceptors (Lipinski definition) is 3. The SMILES string of the molecule is CCn1cc(S(N)(=O)=O)cc1C(=O)NC(C)(C)C1CC1. The molecule has 0 aromatic carbocycles. The van der Waals surface area contributed by atoms with E-state index < -0.39 is 10.0 Å². The van der Waals surface area contributed by atoms with Crippen LogP contribution in [0.5, 0.6) is 0 Å². The molecule has 3 N–H and O–H groups in total. The Morgan fingerprint density at radius 2 is 2.10 bits per heavy atom. The lowest BCUT2D eigenvalue weighted by Crippen LogP contribution is -2.45. The van der Waals surface area contributed by atoms with Gasteiger partial charge < -0.3 is 9.88 Å². The summed E-state index contributed by atoms with van der Waals surface area (Å²) in [7, 11) is -3.80. The van der Waals surface area contributed by atoms with Gasteiger partial charge in [0.25, 0.3) is 5.91 Å². The highest BCUT2D eigenvalue weighted by atomic mass is 32.2. The molecule has 0 radical (unpaired) electrons. The number of sulfonamides is 1. The van der Waals surface area contributed by atoms with E-state index in [1.165, 1.54) is 12.3 Å². The van der Waals surface area contributed by atoms with E-state index in [2.05, 4.69) is 5.32 Å². The van der Waals surface area contributed by atoms with Crippen molar-refractivity contribution in [1.82, 2.24) is 9.88 Å². The van der Waals surface area contributed by atoms with Gasteiger partial charge in [0.05, 0.1) is 0 Å². The number of carbonyl (C=O) groups excluding carboxylic acids is 1. The minimum Gasteiger partial charge on any atom is -0.346 e. The van der Waals surface area contributed by atoms with Gasteiger partial charge in [-0.05, 0) is 45.6 Å². The Balaban J connectivity index is 2.27. The fourth-order valence-electron chi connectivity index (χ4n) is 2.35. The number of rotatable bonds is 5. The second kappa shape index (κ2) is 4.89. The van der Waals surface area contributed by atoms with Gasteiger partial charge in [0.1, 0.15) is 10.6 Å². The highest BCUT2D eigenvalue weighted by Crippen LogP contribution is 2.39. The highest BCUT2D eigenvalue weighted by molar-refractivity contribution is 7.89. The van der Waals surface area contributed by atoms with Gasteiger partial charge in [-0.2, -0.15) is 0 Å². The number of nitrogens with two attached hydrogens (primary N) is 1. The smallest absolute Gasteiger partial charge is 0.268 e. The first-order valence-electron chi connectivity index (χ1n) is 6.70. The van der Waals surface area contributed by atoms with Crippen LogP contribution in [0.1, 0.15) is 44.1 Å². The van der Waals surface area contributed by atoms with Crippen molar-refractivity contribution in [2.45, 2.75) is 50.6 Å². The normalized spacial score (nSPS) is 16.2. The maximum atomic E-state index is 12.3. The number of nitrogens with zero attached hydrogens (tertiary/aromatic N) is 1. The van der Waals surface area contributed by atoms with Crippen LogP contribution in [0.25, 0.3) is 0 Å². The van der Waals surface area contributed by atoms with E-state index in [-0.39, 0.29) is 16.3 Å². The number of aryl methyl sites for hydroxylation is 1. The van der Waals surface area contributed by atoms with Crippen LogP contribution in [0.4, 0.5) is 0 Å². The maximum Gasteiger partial charge on any atom is 0.268 e. The van der Waals surface area contributed by atoms with Crippen LogP contribution < -0.4 is 10.5 Å². The predicted octanol–water partition coefficient (Wildman–Crippen LogP) is 1.07. The monoisotopic (exact) mass is 299 g/mol. The molecule has 112 valence electrons. The standard InChI is InChI=1S/C13H21N3O3S/c1-4-16-8-10(20(14,18)19)7-11(16)12(17)15-13(2,3)9-5-6-9/h7-9H,4-6H2,1-3H3,(H,15,17)(H2,14,18,19). The summed E-state index contributed by atoms with van der Waals surface area (Å²) in [6.45, 7) is 6.32. The summed E-state index contributed by atoms with van der Waals surface area (Å²) < 4.78 is 24.3. The summed E-state index contributed by atoms with van der Waals surface area (Å²) in [6.07, 6.45) is 3.63. The zero-order valence-electron chi connectivity index (χ0n) is 12.0. The van der Waals surface area contributed by atoms with Crippen molar-refractivity contribution in [1.29, 1.82) is 0 Å². The first kappa shape index (κ1) is 15.1. The highest BCUT2D eigenvalue weighted by Gasteiger charge is 2.39. The third-order valence-corrected chi connectivity index (χ3v) is 4.69. The molecule has 20 heavy (non-hydrogen) atoms. The molecule has 1 heterocycles. The summed E-state index contributed by atoms with van der Waals surface area (Å²) in [6, 6.07) is 1.33. The lowest BCUT2D eigenvalue weighted by atomic mass is 9.98. The van der Waals surface area contributed by atoms with Gasteiger partial charge in [-0.15, -0.1) is 0 Å². The number of nitrogens with one attached hydrogen (secondary N) is 1. The quantitative estimate of drug-likeness (QED) is 0.851. The zero-order valence-corrected chi connectivity index (χ0v) is 12.8. The van der Waals surface area contributed by atoms with Gasteiger partial charge >= 0.3 is 0 Å². The largest absolute Gasteiger partial charge is 0.346 e. The Labute approximate surface area is 119 Å². The Bertz CT molecular complexity index is 627. The Hall–Kier alpha value is -1.34. The minimum absolute atomic E-state index is 0.0336. The summed E-state index contributed by atoms with van der Waals surface area (Å²) in [5, 5.41) is 8.09. The maximum absolute atomic E-state index is 12.3. The molecule has 1 aliphatic rings. The van der Waals surface area contributed by atoms with Crippen LogP contribution >= 0.6 is 0 Å². The van der Waals surface area contributed by atoms with Crippen molar-refractivity contribution < 1.29 is 13.2 Å². The average Bonchev–Trinajstić information content (AvgIpc) is 3.06. The first-order chi connectivity index (χ1) is 9.15. The van der Waals surface area contributed by atoms with Gasteiger partial charge in [0.2, 0.25) is 10.0 Å². The third kappa shape index (κ3) is 3.04. The fourth-order valence-corrected chi connectivity index (χ4v) is 2.91. The van der Waals surface area contributed by atoms with E-state index in [0.717, 1.165) is 12.8 Å². The topological polar surface area (TPSA) is 94.2 Å². The minimum atomic E-state index is -3.80. The van der Waals surface area contributed by atoms with Crippen molar-refractivity contribution in [3.63, 3.8) is 0 Å². The molecule has 1 amide bonds. The second-order valence-electron chi connectivity index (χ2n) is 5.84. The lowest BCUT2D eigenvalue weighted by Gasteiger charge is -2.26. The molecule has 2 rings (SSSR count). The number of carbonyl (C=O) groups is 1. The fraction of sp³-hybridized carbons (Fsp3) is 0.615. The summed E-state index contributed by atoms with van der Waals surface area (Å²) in [5.41, 5.74) is 0.0482. The molecule has 0 bridgehead atoms. The third-order valence-electron chi connectivity index (χ3n) is 3.81. The average molecular weight is 299 g/mol. The van der Waals surface area contributed by atoms with E-state index in [1.54, 1.807) is 4.57 Å². The van der Waals surface area contributed by atoms with Gasteiger partial charge in [-0.25, -0.2) is 13.6 Å². The van der Waals surface area contributed by atoms with Crippen LogP contribution in [0.15, 0.2) is 17.2 Å². The molecule has 1 aromatic heterocycles. The van der Waals surface area contributed by atoms with Crippen LogP contribution in [0, 0.1) is 5.92 Å². The van der Waals surface area contributed by atoms with Crippen molar-refractivity contribution in [2.75, 3.05) is 0 Å². The van der Waals surface area contributed by atoms with Gasteiger partial charge in [-0.3, -0.25) is 4.79 Å². The van der Waals surface area contributed by atoms with Gasteiger partial charge in [0, 0.05) is 18.3 Å². The summed E-state index contributed by atoms with van der Waals surface area (Å²) in [5.74, 6) is 0.229. The van der Waals surface area contributed by atoms with Gasteiger partial charge in [0.15, 0.2) is 0 Å². The van der Waals surface area contributed by atoms with Crippen LogP contribution in [0.3, 0.4) is 0 Å². The Morgan fingerprint density at radius 1 is 1.50 bits per heavy atom. The van der Waals surface area contributed by atoms with Crippen LogP contribution in [-0.2, 0) is 16.6 Å². The Kier molecular flexibility index (Phi) is 3.68. The van der Waals surface area contributed by atoms with Crippen molar-refractivity contribution in [3.05, 3.63) is 18.0 Å². The second-order valence-corrected chi connectivity index (χ2v) is 7.40. The molecule has 0 saturated heterocycles. The number of amides is 1. The molecule has 0 aliphatic heterocycles. The van der Waals surface area contributed by atoms with E-state index >= 15 is 0 Å². The molecule has 0 atom stereocenters. The van der Waals surface area contributed by atoms with Gasteiger partial charge in [-0.1, -0.05) is 0 Å². The van der Waals surface area contributed by atoms with Crippen molar-refractivity contribution in [2.24, 2.45) is 11.1 Å². The zero-order chi connectivity index (χ0) is 15.1. The Morgan fingerprint density at radius 3 is 2.55 bits per heavy atom. The molecule has 0 spiro atoms. The lowest BCUT2D eigenvalue weighted by molar-refractivity contribution is 0.0894. The molecule has 7 heteroatoms. The molecule has 0 unspecified atom stereocenters. The summed E-state index contributed by atoms with van der Waals surface area (Å²) >= 11 is 0. The molecular formula is C13H21N3O3S. The van der Waals surface area contributed by atoms with E-state index in [4.69, 9.17) is 5.14 Å². The molecular weight excluding hydrogens is 278 g/mol. The molecule has 1 aromatic rings. The molecule has 6 nitrogen and oxygen atoms in total. The van der Waals surface area contributed by atoms with E-state index in [9.17, 15) is 13.2 Å². The predicted molar refractivity (Wildman–Crippen MR) is 75.7 cm³/mol. The van der Waals surface area contributed by atoms with Crippen molar-refractivity contribution >= 4 is 15.9 Å². The first-order valence-corrected chi connectivity index (χ1v) is 8.25. The van der Waals surface area contributed by atoms with Crippen LogP contribution in [-0.4, -0.2) is 24.4 Å². The molecule has 1 saturated carbocycles.